The summed E-state index contributed by atoms with van der Waals surface area (Å²) in [5.41, 5.74) is 0.496. The van der Waals surface area contributed by atoms with Gasteiger partial charge < -0.3 is 9.64 Å². The summed E-state index contributed by atoms with van der Waals surface area (Å²) in [6, 6.07) is 6.18. The highest BCUT2D eigenvalue weighted by Gasteiger charge is 2.31. The lowest BCUT2D eigenvalue weighted by atomic mass is 10.0. The van der Waals surface area contributed by atoms with E-state index in [2.05, 4.69) is 18.7 Å². The first kappa shape index (κ1) is 21.5. The van der Waals surface area contributed by atoms with Crippen molar-refractivity contribution in [1.29, 1.82) is 0 Å². The number of carbonyl (C=O) groups is 2. The smallest absolute Gasteiger partial charge is 0.222 e. The van der Waals surface area contributed by atoms with Gasteiger partial charge in [-0.15, -0.1) is 0 Å². The van der Waals surface area contributed by atoms with Gasteiger partial charge in [0.25, 0.3) is 0 Å². The number of hydrogen-bond acceptors (Lipinski definition) is 4. The van der Waals surface area contributed by atoms with Gasteiger partial charge in [0.05, 0.1) is 0 Å². The number of rotatable bonds is 9. The Kier molecular flexibility index (Phi) is 8.38. The monoisotopic (exact) mass is 378 g/mol. The summed E-state index contributed by atoms with van der Waals surface area (Å²) in [5.74, 6) is -0.295. The Morgan fingerprint density at radius 2 is 1.70 bits per heavy atom. The molecule has 0 saturated carbocycles. The van der Waals surface area contributed by atoms with Crippen LogP contribution >= 0.6 is 0 Å². The maximum atomic E-state index is 12.9. The van der Waals surface area contributed by atoms with Crippen molar-refractivity contribution in [3.05, 3.63) is 35.6 Å². The van der Waals surface area contributed by atoms with Gasteiger partial charge in [-0.25, -0.2) is 4.39 Å². The van der Waals surface area contributed by atoms with Crippen molar-refractivity contribution in [1.82, 2.24) is 9.80 Å². The fourth-order valence-corrected chi connectivity index (χ4v) is 3.73. The van der Waals surface area contributed by atoms with Crippen molar-refractivity contribution in [2.45, 2.75) is 51.6 Å². The second-order valence-corrected chi connectivity index (χ2v) is 7.36. The first-order valence-electron chi connectivity index (χ1n) is 9.73. The van der Waals surface area contributed by atoms with E-state index < -0.39 is 0 Å². The fraction of sp³-hybridized carbons (Fsp3) is 0.619. The average molecular weight is 378 g/mol. The van der Waals surface area contributed by atoms with Crippen LogP contribution in [0.3, 0.4) is 0 Å². The van der Waals surface area contributed by atoms with Gasteiger partial charge in [-0.2, -0.15) is 0 Å². The van der Waals surface area contributed by atoms with Gasteiger partial charge in [0.15, 0.2) is 5.78 Å². The average Bonchev–Trinajstić information content (AvgIpc) is 2.64. The van der Waals surface area contributed by atoms with Crippen molar-refractivity contribution >= 4 is 11.7 Å². The standard InChI is InChI=1S/C21H31FN2O3/c1-16-14-23(15-17(2)24(16)12-5-13-27-3)21(26)7-4-6-20(25)18-8-10-19(22)11-9-18/h8-11,16-17H,4-7,12-15H2,1-3H3. The lowest BCUT2D eigenvalue weighted by Crippen LogP contribution is -2.58. The number of amides is 1. The predicted octanol–water partition coefficient (Wildman–Crippen LogP) is 3.14. The van der Waals surface area contributed by atoms with Crippen molar-refractivity contribution in [2.24, 2.45) is 0 Å². The van der Waals surface area contributed by atoms with E-state index in [9.17, 15) is 14.0 Å². The molecule has 2 rings (SSSR count). The van der Waals surface area contributed by atoms with Crippen molar-refractivity contribution in [3.63, 3.8) is 0 Å². The van der Waals surface area contributed by atoms with Crippen LogP contribution in [0.15, 0.2) is 24.3 Å². The van der Waals surface area contributed by atoms with E-state index in [-0.39, 0.29) is 17.5 Å². The zero-order valence-corrected chi connectivity index (χ0v) is 16.6. The third kappa shape index (κ3) is 6.40. The number of hydrogen-bond donors (Lipinski definition) is 0. The first-order valence-corrected chi connectivity index (χ1v) is 9.73. The lowest BCUT2D eigenvalue weighted by molar-refractivity contribution is -0.135. The number of carbonyl (C=O) groups excluding carboxylic acids is 2. The summed E-state index contributed by atoms with van der Waals surface area (Å²) in [6.07, 6.45) is 2.19. The third-order valence-corrected chi connectivity index (χ3v) is 5.18. The molecule has 1 aliphatic rings. The van der Waals surface area contributed by atoms with Crippen LogP contribution in [0.2, 0.25) is 0 Å². The molecule has 1 heterocycles. The van der Waals surface area contributed by atoms with Gasteiger partial charge in [-0.1, -0.05) is 0 Å². The highest BCUT2D eigenvalue weighted by Crippen LogP contribution is 2.18. The zero-order valence-electron chi connectivity index (χ0n) is 16.6. The highest BCUT2D eigenvalue weighted by molar-refractivity contribution is 5.96. The molecule has 27 heavy (non-hydrogen) atoms. The number of ketones is 1. The largest absolute Gasteiger partial charge is 0.385 e. The number of methoxy groups -OCH3 is 1. The van der Waals surface area contributed by atoms with Crippen LogP contribution < -0.4 is 0 Å². The van der Waals surface area contributed by atoms with Crippen LogP contribution in [0.4, 0.5) is 4.39 Å². The van der Waals surface area contributed by atoms with Crippen molar-refractivity contribution in [2.75, 3.05) is 33.4 Å². The van der Waals surface area contributed by atoms with Crippen LogP contribution in [0, 0.1) is 5.82 Å². The van der Waals surface area contributed by atoms with E-state index in [1.165, 1.54) is 24.3 Å². The molecule has 1 aromatic carbocycles. The summed E-state index contributed by atoms with van der Waals surface area (Å²) in [5, 5.41) is 0. The molecule has 0 aromatic heterocycles. The molecule has 1 saturated heterocycles. The molecule has 2 unspecified atom stereocenters. The van der Waals surface area contributed by atoms with Gasteiger partial charge in [-0.05, 0) is 51.0 Å². The molecule has 1 aromatic rings. The number of piperazine rings is 1. The van der Waals surface area contributed by atoms with Gasteiger partial charge >= 0.3 is 0 Å². The molecule has 150 valence electrons. The van der Waals surface area contributed by atoms with E-state index in [4.69, 9.17) is 4.74 Å². The molecule has 0 spiro atoms. The van der Waals surface area contributed by atoms with Gasteiger partial charge in [-0.3, -0.25) is 14.5 Å². The van der Waals surface area contributed by atoms with Crippen LogP contribution in [0.25, 0.3) is 0 Å². The van der Waals surface area contributed by atoms with Crippen molar-refractivity contribution in [3.8, 4) is 0 Å². The molecular formula is C21H31FN2O3. The SMILES string of the molecule is COCCCN1C(C)CN(C(=O)CCCC(=O)c2ccc(F)cc2)CC1C. The Morgan fingerprint density at radius 1 is 1.07 bits per heavy atom. The molecule has 6 heteroatoms. The van der Waals surface area contributed by atoms with E-state index in [1.54, 1.807) is 7.11 Å². The molecular weight excluding hydrogens is 347 g/mol. The van der Waals surface area contributed by atoms with E-state index in [0.29, 0.717) is 36.9 Å². The second kappa shape index (κ2) is 10.5. The maximum Gasteiger partial charge on any atom is 0.222 e. The third-order valence-electron chi connectivity index (χ3n) is 5.18. The minimum Gasteiger partial charge on any atom is -0.385 e. The summed E-state index contributed by atoms with van der Waals surface area (Å²) >= 11 is 0. The number of ether oxygens (including phenoxy) is 1. The normalized spacial score (nSPS) is 20.7. The summed E-state index contributed by atoms with van der Waals surface area (Å²) in [6.45, 7) is 7.48. The van der Waals surface area contributed by atoms with Crippen molar-refractivity contribution < 1.29 is 18.7 Å². The van der Waals surface area contributed by atoms with E-state index >= 15 is 0 Å². The Balaban J connectivity index is 1.76. The quantitative estimate of drug-likeness (QED) is 0.489. The van der Waals surface area contributed by atoms with Gasteiger partial charge in [0, 0.05) is 63.8 Å². The van der Waals surface area contributed by atoms with E-state index in [1.807, 2.05) is 4.90 Å². The molecule has 0 N–H and O–H groups in total. The molecule has 0 aliphatic carbocycles. The summed E-state index contributed by atoms with van der Waals surface area (Å²) in [4.78, 5) is 29.0. The topological polar surface area (TPSA) is 49.9 Å². The summed E-state index contributed by atoms with van der Waals surface area (Å²) in [7, 11) is 1.71. The minimum absolute atomic E-state index is 0.0486. The Hall–Kier alpha value is -1.79. The molecule has 1 fully saturated rings. The van der Waals surface area contributed by atoms with Gasteiger partial charge in [0.2, 0.25) is 5.91 Å². The van der Waals surface area contributed by atoms with E-state index in [0.717, 1.165) is 32.7 Å². The number of halogens is 1. The predicted molar refractivity (Wildman–Crippen MR) is 103 cm³/mol. The summed E-state index contributed by atoms with van der Waals surface area (Å²) < 4.78 is 18.0. The number of Topliss-reactive ketones (excluding diaryl/α,β-unsaturated/α-hetero) is 1. The highest BCUT2D eigenvalue weighted by atomic mass is 19.1. The Morgan fingerprint density at radius 3 is 2.30 bits per heavy atom. The Labute approximate surface area is 161 Å². The lowest BCUT2D eigenvalue weighted by Gasteiger charge is -2.44. The maximum absolute atomic E-state index is 12.9. The zero-order chi connectivity index (χ0) is 19.8. The molecule has 0 radical (unpaired) electrons. The first-order chi connectivity index (χ1) is 12.9. The fourth-order valence-electron chi connectivity index (χ4n) is 3.73. The van der Waals surface area contributed by atoms with Crippen LogP contribution in [-0.4, -0.2) is 66.9 Å². The van der Waals surface area contributed by atoms with Crippen LogP contribution in [-0.2, 0) is 9.53 Å². The molecule has 1 amide bonds. The minimum atomic E-state index is -0.355. The second-order valence-electron chi connectivity index (χ2n) is 7.36. The molecule has 2 atom stereocenters. The number of benzene rings is 1. The number of nitrogens with zero attached hydrogens (tertiary/aromatic N) is 2. The van der Waals surface area contributed by atoms with Crippen LogP contribution in [0.1, 0.15) is 49.9 Å². The van der Waals surface area contributed by atoms with Crippen LogP contribution in [0.5, 0.6) is 0 Å². The Bertz CT molecular complexity index is 608. The molecule has 0 bridgehead atoms. The molecule has 5 nitrogen and oxygen atoms in total. The van der Waals surface area contributed by atoms with Gasteiger partial charge in [0.1, 0.15) is 5.82 Å². The molecule has 1 aliphatic heterocycles.